The highest BCUT2D eigenvalue weighted by Crippen LogP contribution is 2.28. The Morgan fingerprint density at radius 2 is 2.09 bits per heavy atom. The monoisotopic (exact) mass is 306 g/mol. The molecule has 122 valence electrons. The van der Waals surface area contributed by atoms with Crippen LogP contribution in [-0.2, 0) is 4.79 Å². The number of nitrogens with zero attached hydrogens (tertiary/aromatic N) is 3. The van der Waals surface area contributed by atoms with Gasteiger partial charge >= 0.3 is 6.01 Å². The Bertz CT molecular complexity index is 499. The molecule has 0 aromatic carbocycles. The Morgan fingerprint density at radius 1 is 1.36 bits per heavy atom. The molecule has 1 aromatic rings. The molecule has 0 saturated heterocycles. The van der Waals surface area contributed by atoms with Crippen LogP contribution in [0.4, 0.5) is 11.5 Å². The Morgan fingerprint density at radius 3 is 2.73 bits per heavy atom. The molecule has 1 aromatic heterocycles. The zero-order valence-corrected chi connectivity index (χ0v) is 13.8. The zero-order valence-electron chi connectivity index (χ0n) is 13.8. The average molecular weight is 306 g/mol. The number of hydrogen-bond donors (Lipinski definition) is 1. The first kappa shape index (κ1) is 16.5. The molecule has 0 unspecified atom stereocenters. The third-order valence-corrected chi connectivity index (χ3v) is 4.13. The zero-order chi connectivity index (χ0) is 15.9. The number of ether oxygens (including phenoxy) is 1. The van der Waals surface area contributed by atoms with Gasteiger partial charge in [-0.25, -0.2) is 4.98 Å². The van der Waals surface area contributed by atoms with E-state index in [0.29, 0.717) is 29.9 Å². The van der Waals surface area contributed by atoms with E-state index in [4.69, 9.17) is 4.74 Å². The first-order chi connectivity index (χ1) is 10.6. The van der Waals surface area contributed by atoms with Crippen molar-refractivity contribution < 1.29 is 9.53 Å². The first-order valence-corrected chi connectivity index (χ1v) is 7.98. The van der Waals surface area contributed by atoms with Gasteiger partial charge in [0.05, 0.1) is 13.3 Å². The summed E-state index contributed by atoms with van der Waals surface area (Å²) in [5.41, 5.74) is 0.624. The van der Waals surface area contributed by atoms with Gasteiger partial charge in [-0.05, 0) is 12.3 Å². The fraction of sp³-hybridized carbons (Fsp3) is 0.688. The van der Waals surface area contributed by atoms with Gasteiger partial charge in [-0.1, -0.05) is 32.1 Å². The van der Waals surface area contributed by atoms with Crippen LogP contribution in [-0.4, -0.2) is 37.1 Å². The lowest BCUT2D eigenvalue weighted by molar-refractivity contribution is -0.116. The van der Waals surface area contributed by atoms with Gasteiger partial charge in [-0.2, -0.15) is 4.98 Å². The molecule has 6 nitrogen and oxygen atoms in total. The van der Waals surface area contributed by atoms with Crippen molar-refractivity contribution in [2.75, 3.05) is 31.4 Å². The molecule has 1 aliphatic rings. The second-order valence-corrected chi connectivity index (χ2v) is 6.08. The van der Waals surface area contributed by atoms with Gasteiger partial charge in [0.2, 0.25) is 5.91 Å². The summed E-state index contributed by atoms with van der Waals surface area (Å²) in [5, 5.41) is 2.92. The predicted molar refractivity (Wildman–Crippen MR) is 87.3 cm³/mol. The second-order valence-electron chi connectivity index (χ2n) is 6.08. The average Bonchev–Trinajstić information content (AvgIpc) is 2.54. The number of carbonyl (C=O) groups excluding carboxylic acids is 1. The summed E-state index contributed by atoms with van der Waals surface area (Å²) in [6.45, 7) is 0. The molecule has 1 saturated carbocycles. The van der Waals surface area contributed by atoms with E-state index in [1.165, 1.54) is 39.2 Å². The van der Waals surface area contributed by atoms with Crippen molar-refractivity contribution in [1.82, 2.24) is 9.97 Å². The fourth-order valence-electron chi connectivity index (χ4n) is 2.91. The quantitative estimate of drug-likeness (QED) is 0.875. The number of carbonyl (C=O) groups is 1. The molecule has 0 atom stereocenters. The number of anilines is 2. The van der Waals surface area contributed by atoms with Crippen molar-refractivity contribution in [1.29, 1.82) is 0 Å². The van der Waals surface area contributed by atoms with Gasteiger partial charge in [-0.3, -0.25) is 4.79 Å². The normalized spacial score (nSPS) is 15.4. The Kier molecular flexibility index (Phi) is 5.98. The van der Waals surface area contributed by atoms with Crippen LogP contribution in [0.25, 0.3) is 0 Å². The second kappa shape index (κ2) is 7.96. The summed E-state index contributed by atoms with van der Waals surface area (Å²) in [4.78, 5) is 22.3. The molecule has 0 aliphatic heterocycles. The minimum atomic E-state index is 0.0300. The number of hydrogen-bond acceptors (Lipinski definition) is 5. The van der Waals surface area contributed by atoms with Crippen LogP contribution in [0.15, 0.2) is 6.20 Å². The number of aromatic nitrogens is 2. The summed E-state index contributed by atoms with van der Waals surface area (Å²) >= 11 is 0. The largest absolute Gasteiger partial charge is 0.467 e. The maximum atomic E-state index is 12.2. The van der Waals surface area contributed by atoms with Gasteiger partial charge in [0, 0.05) is 20.5 Å². The minimum absolute atomic E-state index is 0.0300. The maximum absolute atomic E-state index is 12.2. The minimum Gasteiger partial charge on any atom is -0.467 e. The number of nitrogens with one attached hydrogen (secondary N) is 1. The highest BCUT2D eigenvalue weighted by atomic mass is 16.5. The van der Waals surface area contributed by atoms with Gasteiger partial charge in [0.25, 0.3) is 0 Å². The number of amides is 1. The van der Waals surface area contributed by atoms with E-state index in [1.54, 1.807) is 6.20 Å². The van der Waals surface area contributed by atoms with Crippen LogP contribution in [0.3, 0.4) is 0 Å². The third kappa shape index (κ3) is 4.58. The van der Waals surface area contributed by atoms with Crippen molar-refractivity contribution in [3.63, 3.8) is 0 Å². The summed E-state index contributed by atoms with van der Waals surface area (Å²) in [6.07, 6.45) is 9.62. The van der Waals surface area contributed by atoms with Crippen LogP contribution in [0, 0.1) is 5.92 Å². The van der Waals surface area contributed by atoms with E-state index in [9.17, 15) is 4.79 Å². The molecule has 22 heavy (non-hydrogen) atoms. The van der Waals surface area contributed by atoms with E-state index in [0.717, 1.165) is 6.42 Å². The number of rotatable bonds is 6. The molecule has 1 aliphatic carbocycles. The molecule has 0 bridgehead atoms. The SMILES string of the molecule is COc1ncc(NC(=O)CCC2CCCCC2)c(N(C)C)n1. The third-order valence-electron chi connectivity index (χ3n) is 4.13. The molecule has 0 spiro atoms. The molecule has 1 amide bonds. The standard InChI is InChI=1S/C16H26N4O2/c1-20(2)15-13(11-17-16(19-15)22-3)18-14(21)10-9-12-7-5-4-6-8-12/h11-12H,4-10H2,1-3H3,(H,18,21). The van der Waals surface area contributed by atoms with E-state index in [2.05, 4.69) is 15.3 Å². The Labute approximate surface area is 132 Å². The highest BCUT2D eigenvalue weighted by Gasteiger charge is 2.16. The Balaban J connectivity index is 1.92. The van der Waals surface area contributed by atoms with E-state index in [1.807, 2.05) is 19.0 Å². The van der Waals surface area contributed by atoms with Crippen LogP contribution in [0.1, 0.15) is 44.9 Å². The molecule has 1 fully saturated rings. The van der Waals surface area contributed by atoms with E-state index < -0.39 is 0 Å². The highest BCUT2D eigenvalue weighted by molar-refractivity contribution is 5.93. The lowest BCUT2D eigenvalue weighted by atomic mass is 9.86. The summed E-state index contributed by atoms with van der Waals surface area (Å²) in [7, 11) is 5.27. The molecule has 6 heteroatoms. The smallest absolute Gasteiger partial charge is 0.318 e. The van der Waals surface area contributed by atoms with Crippen LogP contribution < -0.4 is 15.0 Å². The van der Waals surface area contributed by atoms with Gasteiger partial charge in [0.1, 0.15) is 5.69 Å². The van der Waals surface area contributed by atoms with Crippen LogP contribution in [0.2, 0.25) is 0 Å². The van der Waals surface area contributed by atoms with E-state index in [-0.39, 0.29) is 5.91 Å². The van der Waals surface area contributed by atoms with Gasteiger partial charge in [-0.15, -0.1) is 0 Å². The molecule has 1 N–H and O–H groups in total. The van der Waals surface area contributed by atoms with E-state index >= 15 is 0 Å². The van der Waals surface area contributed by atoms with Crippen LogP contribution >= 0.6 is 0 Å². The number of methoxy groups -OCH3 is 1. The lowest BCUT2D eigenvalue weighted by Crippen LogP contribution is -2.19. The predicted octanol–water partition coefficient (Wildman–Crippen LogP) is 2.85. The molecular weight excluding hydrogens is 280 g/mol. The lowest BCUT2D eigenvalue weighted by Gasteiger charge is -2.21. The summed E-state index contributed by atoms with van der Waals surface area (Å²) in [5.74, 6) is 1.39. The fourth-order valence-corrected chi connectivity index (χ4v) is 2.91. The summed E-state index contributed by atoms with van der Waals surface area (Å²) < 4.78 is 5.03. The van der Waals surface area contributed by atoms with Crippen molar-refractivity contribution in [2.24, 2.45) is 5.92 Å². The van der Waals surface area contributed by atoms with Crippen molar-refractivity contribution in [3.05, 3.63) is 6.20 Å². The van der Waals surface area contributed by atoms with Gasteiger partial charge in [0.15, 0.2) is 5.82 Å². The van der Waals surface area contributed by atoms with Crippen molar-refractivity contribution in [2.45, 2.75) is 44.9 Å². The molecule has 2 rings (SSSR count). The molecular formula is C16H26N4O2. The van der Waals surface area contributed by atoms with Crippen molar-refractivity contribution >= 4 is 17.4 Å². The van der Waals surface area contributed by atoms with Crippen molar-refractivity contribution in [3.8, 4) is 6.01 Å². The topological polar surface area (TPSA) is 67.3 Å². The van der Waals surface area contributed by atoms with Gasteiger partial charge < -0.3 is 15.0 Å². The Hall–Kier alpha value is -1.85. The maximum Gasteiger partial charge on any atom is 0.318 e. The molecule has 1 heterocycles. The van der Waals surface area contributed by atoms with Crippen LogP contribution in [0.5, 0.6) is 6.01 Å². The first-order valence-electron chi connectivity index (χ1n) is 7.98. The summed E-state index contributed by atoms with van der Waals surface area (Å²) in [6, 6.07) is 0.295. The molecule has 0 radical (unpaired) electrons.